The van der Waals surface area contributed by atoms with Crippen molar-refractivity contribution in [2.24, 2.45) is 0 Å². The molecule has 2 rings (SSSR count). The van der Waals surface area contributed by atoms with E-state index in [1.807, 2.05) is 26.0 Å². The van der Waals surface area contributed by atoms with Gasteiger partial charge in [0.15, 0.2) is 0 Å². The third-order valence-electron chi connectivity index (χ3n) is 3.50. The van der Waals surface area contributed by atoms with Gasteiger partial charge in [0.2, 0.25) is 5.91 Å². The van der Waals surface area contributed by atoms with Crippen LogP contribution in [0.25, 0.3) is 0 Å². The van der Waals surface area contributed by atoms with Crippen LogP contribution in [0.1, 0.15) is 38.2 Å². The summed E-state index contributed by atoms with van der Waals surface area (Å²) in [6.45, 7) is 5.70. The highest BCUT2D eigenvalue weighted by Crippen LogP contribution is 2.24. The minimum absolute atomic E-state index is 0.0277. The molecular formula is C16H24N2O2. The Morgan fingerprint density at radius 3 is 2.90 bits per heavy atom. The van der Waals surface area contributed by atoms with Crippen molar-refractivity contribution in [1.29, 1.82) is 0 Å². The molecule has 0 aromatic heterocycles. The quantitative estimate of drug-likeness (QED) is 0.867. The molecule has 1 aromatic rings. The van der Waals surface area contributed by atoms with Crippen molar-refractivity contribution >= 4 is 17.3 Å². The number of amides is 1. The van der Waals surface area contributed by atoms with Crippen LogP contribution in [0.4, 0.5) is 11.4 Å². The normalized spacial score (nSPS) is 18.6. The Bertz CT molecular complexity index is 454. The molecule has 20 heavy (non-hydrogen) atoms. The summed E-state index contributed by atoms with van der Waals surface area (Å²) in [4.78, 5) is 12.1. The van der Waals surface area contributed by atoms with Crippen molar-refractivity contribution < 1.29 is 9.53 Å². The molecule has 4 heteroatoms. The molecule has 0 radical (unpaired) electrons. The van der Waals surface area contributed by atoms with Gasteiger partial charge in [-0.15, -0.1) is 0 Å². The number of ether oxygens (including phenoxy) is 1. The van der Waals surface area contributed by atoms with E-state index < -0.39 is 0 Å². The Morgan fingerprint density at radius 1 is 1.35 bits per heavy atom. The van der Waals surface area contributed by atoms with E-state index in [0.717, 1.165) is 43.8 Å². The predicted octanol–water partition coefficient (Wildman–Crippen LogP) is 3.32. The average Bonchev–Trinajstić information content (AvgIpc) is 2.43. The van der Waals surface area contributed by atoms with E-state index >= 15 is 0 Å². The van der Waals surface area contributed by atoms with Gasteiger partial charge in [0, 0.05) is 13.2 Å². The van der Waals surface area contributed by atoms with Crippen LogP contribution < -0.4 is 10.6 Å². The molecule has 1 atom stereocenters. The number of benzene rings is 1. The van der Waals surface area contributed by atoms with Crippen molar-refractivity contribution in [2.75, 3.05) is 23.8 Å². The molecule has 1 amide bonds. The summed E-state index contributed by atoms with van der Waals surface area (Å²) in [6.07, 6.45) is 3.78. The fourth-order valence-corrected chi connectivity index (χ4v) is 2.48. The van der Waals surface area contributed by atoms with Crippen LogP contribution in [-0.4, -0.2) is 25.2 Å². The minimum Gasteiger partial charge on any atom is -0.384 e. The van der Waals surface area contributed by atoms with Gasteiger partial charge in [-0.05, 0) is 50.8 Å². The topological polar surface area (TPSA) is 50.4 Å². The van der Waals surface area contributed by atoms with Gasteiger partial charge in [0.25, 0.3) is 0 Å². The SMILES string of the molecule is CCNc1cc(C)ccc1NC(=O)C[C@H]1CCCCO1. The maximum atomic E-state index is 12.1. The number of hydrogen-bond donors (Lipinski definition) is 2. The summed E-state index contributed by atoms with van der Waals surface area (Å²) < 4.78 is 5.61. The molecule has 0 spiro atoms. The number of aryl methyl sites for hydroxylation is 1. The predicted molar refractivity (Wildman–Crippen MR) is 82.2 cm³/mol. The summed E-state index contributed by atoms with van der Waals surface area (Å²) >= 11 is 0. The van der Waals surface area contributed by atoms with Crippen molar-refractivity contribution in [1.82, 2.24) is 0 Å². The van der Waals surface area contributed by atoms with Crippen molar-refractivity contribution in [3.05, 3.63) is 23.8 Å². The fourth-order valence-electron chi connectivity index (χ4n) is 2.48. The lowest BCUT2D eigenvalue weighted by molar-refractivity contribution is -0.119. The smallest absolute Gasteiger partial charge is 0.227 e. The van der Waals surface area contributed by atoms with Gasteiger partial charge in [-0.25, -0.2) is 0 Å². The maximum Gasteiger partial charge on any atom is 0.227 e. The average molecular weight is 276 g/mol. The number of hydrogen-bond acceptors (Lipinski definition) is 3. The Kier molecular flexibility index (Phi) is 5.41. The highest BCUT2D eigenvalue weighted by molar-refractivity contribution is 5.94. The van der Waals surface area contributed by atoms with Gasteiger partial charge in [-0.3, -0.25) is 4.79 Å². The van der Waals surface area contributed by atoms with Crippen molar-refractivity contribution in [2.45, 2.75) is 45.6 Å². The molecule has 1 saturated heterocycles. The summed E-state index contributed by atoms with van der Waals surface area (Å²) in [5.41, 5.74) is 3.00. The van der Waals surface area contributed by atoms with Crippen molar-refractivity contribution in [3.63, 3.8) is 0 Å². The van der Waals surface area contributed by atoms with Crippen LogP contribution in [0.2, 0.25) is 0 Å². The van der Waals surface area contributed by atoms with E-state index in [4.69, 9.17) is 4.74 Å². The largest absolute Gasteiger partial charge is 0.384 e. The van der Waals surface area contributed by atoms with E-state index in [1.165, 1.54) is 5.56 Å². The van der Waals surface area contributed by atoms with Crippen LogP contribution in [0, 0.1) is 6.92 Å². The molecule has 1 fully saturated rings. The molecule has 0 unspecified atom stereocenters. The number of nitrogens with one attached hydrogen (secondary N) is 2. The summed E-state index contributed by atoms with van der Waals surface area (Å²) in [5.74, 6) is 0.0277. The van der Waals surface area contributed by atoms with Crippen LogP contribution >= 0.6 is 0 Å². The number of carbonyl (C=O) groups is 1. The minimum atomic E-state index is 0.0277. The van der Waals surface area contributed by atoms with Gasteiger partial charge >= 0.3 is 0 Å². The highest BCUT2D eigenvalue weighted by Gasteiger charge is 2.18. The first-order valence-electron chi connectivity index (χ1n) is 7.45. The van der Waals surface area contributed by atoms with Gasteiger partial charge < -0.3 is 15.4 Å². The second-order valence-corrected chi connectivity index (χ2v) is 5.32. The van der Waals surface area contributed by atoms with E-state index in [-0.39, 0.29) is 12.0 Å². The van der Waals surface area contributed by atoms with Crippen LogP contribution in [0.15, 0.2) is 18.2 Å². The first-order valence-corrected chi connectivity index (χ1v) is 7.45. The summed E-state index contributed by atoms with van der Waals surface area (Å²) in [6, 6.07) is 6.01. The molecule has 2 N–H and O–H groups in total. The van der Waals surface area contributed by atoms with Crippen LogP contribution in [0.5, 0.6) is 0 Å². The molecule has 0 bridgehead atoms. The lowest BCUT2D eigenvalue weighted by atomic mass is 10.1. The van der Waals surface area contributed by atoms with Crippen LogP contribution in [0.3, 0.4) is 0 Å². The third-order valence-corrected chi connectivity index (χ3v) is 3.50. The molecule has 0 aliphatic carbocycles. The molecule has 0 saturated carbocycles. The molecule has 4 nitrogen and oxygen atoms in total. The summed E-state index contributed by atoms with van der Waals surface area (Å²) in [5, 5.41) is 6.27. The van der Waals surface area contributed by atoms with Gasteiger partial charge in [0.05, 0.1) is 23.9 Å². The third kappa shape index (κ3) is 4.23. The lowest BCUT2D eigenvalue weighted by Crippen LogP contribution is -2.25. The monoisotopic (exact) mass is 276 g/mol. The van der Waals surface area contributed by atoms with Crippen LogP contribution in [-0.2, 0) is 9.53 Å². The Hall–Kier alpha value is -1.55. The van der Waals surface area contributed by atoms with Gasteiger partial charge in [-0.2, -0.15) is 0 Å². The maximum absolute atomic E-state index is 12.1. The second kappa shape index (κ2) is 7.29. The molecule has 1 aliphatic heterocycles. The molecule has 1 heterocycles. The van der Waals surface area contributed by atoms with E-state index in [2.05, 4.69) is 16.7 Å². The van der Waals surface area contributed by atoms with Gasteiger partial charge in [-0.1, -0.05) is 6.07 Å². The molecular weight excluding hydrogens is 252 g/mol. The first kappa shape index (κ1) is 14.9. The zero-order chi connectivity index (χ0) is 14.4. The van der Waals surface area contributed by atoms with Gasteiger partial charge in [0.1, 0.15) is 0 Å². The van der Waals surface area contributed by atoms with E-state index in [9.17, 15) is 4.79 Å². The summed E-state index contributed by atoms with van der Waals surface area (Å²) in [7, 11) is 0. The molecule has 110 valence electrons. The lowest BCUT2D eigenvalue weighted by Gasteiger charge is -2.22. The molecule has 1 aromatic carbocycles. The Balaban J connectivity index is 1.96. The Morgan fingerprint density at radius 2 is 2.20 bits per heavy atom. The zero-order valence-electron chi connectivity index (χ0n) is 12.4. The fraction of sp³-hybridized carbons (Fsp3) is 0.562. The number of rotatable bonds is 5. The first-order chi connectivity index (χ1) is 9.69. The standard InChI is InChI=1S/C16H24N2O2/c1-3-17-15-10-12(2)7-8-14(15)18-16(19)11-13-6-4-5-9-20-13/h7-8,10,13,17H,3-6,9,11H2,1-2H3,(H,18,19)/t13-/m1/s1. The Labute approximate surface area is 120 Å². The molecule has 1 aliphatic rings. The zero-order valence-corrected chi connectivity index (χ0v) is 12.4. The number of carbonyl (C=O) groups excluding carboxylic acids is 1. The number of anilines is 2. The van der Waals surface area contributed by atoms with Crippen molar-refractivity contribution in [3.8, 4) is 0 Å². The second-order valence-electron chi connectivity index (χ2n) is 5.32. The van der Waals surface area contributed by atoms with E-state index in [1.54, 1.807) is 0 Å². The highest BCUT2D eigenvalue weighted by atomic mass is 16.5. The van der Waals surface area contributed by atoms with E-state index in [0.29, 0.717) is 6.42 Å².